The van der Waals surface area contributed by atoms with Gasteiger partial charge in [-0.05, 0) is 50.2 Å². The molecule has 0 aromatic heterocycles. The standard InChI is InChI=1S/C13H26N2OS/c1-3-4-9-17-10-7-11-6-5-8-13(11,15-2)12(14)16/h11,15H,3-10H2,1-2H3,(H2,14,16). The molecule has 2 atom stereocenters. The Kier molecular flexibility index (Phi) is 6.34. The lowest BCUT2D eigenvalue weighted by molar-refractivity contribution is -0.125. The van der Waals surface area contributed by atoms with Gasteiger partial charge in [-0.2, -0.15) is 11.8 Å². The first-order valence-electron chi connectivity index (χ1n) is 6.74. The largest absolute Gasteiger partial charge is 0.368 e. The molecule has 2 unspecified atom stereocenters. The second kappa shape index (κ2) is 7.27. The molecule has 1 amide bonds. The van der Waals surface area contributed by atoms with E-state index in [1.807, 2.05) is 18.8 Å². The lowest BCUT2D eigenvalue weighted by Gasteiger charge is -2.32. The van der Waals surface area contributed by atoms with Crippen molar-refractivity contribution < 1.29 is 4.79 Å². The molecule has 4 heteroatoms. The number of amides is 1. The van der Waals surface area contributed by atoms with Gasteiger partial charge in [0.05, 0.1) is 0 Å². The molecule has 1 aliphatic rings. The molecular formula is C13H26N2OS. The Labute approximate surface area is 109 Å². The van der Waals surface area contributed by atoms with Gasteiger partial charge in [-0.1, -0.05) is 19.8 Å². The summed E-state index contributed by atoms with van der Waals surface area (Å²) in [7, 11) is 1.87. The van der Waals surface area contributed by atoms with Crippen molar-refractivity contribution in [3.05, 3.63) is 0 Å². The number of hydrogen-bond donors (Lipinski definition) is 2. The minimum absolute atomic E-state index is 0.166. The molecule has 1 aliphatic carbocycles. The highest BCUT2D eigenvalue weighted by Crippen LogP contribution is 2.38. The number of thioether (sulfide) groups is 1. The first-order valence-corrected chi connectivity index (χ1v) is 7.89. The maximum Gasteiger partial charge on any atom is 0.238 e. The molecule has 0 saturated heterocycles. The summed E-state index contributed by atoms with van der Waals surface area (Å²) in [4.78, 5) is 11.7. The number of unbranched alkanes of at least 4 members (excludes halogenated alkanes) is 1. The van der Waals surface area contributed by atoms with Crippen molar-refractivity contribution in [3.63, 3.8) is 0 Å². The number of carbonyl (C=O) groups excluding carboxylic acids is 1. The van der Waals surface area contributed by atoms with Gasteiger partial charge in [-0.15, -0.1) is 0 Å². The SMILES string of the molecule is CCCCSCCC1CCCC1(NC)C(N)=O. The third-order valence-electron chi connectivity index (χ3n) is 3.96. The molecule has 0 radical (unpaired) electrons. The normalized spacial score (nSPS) is 28.5. The Hall–Kier alpha value is -0.220. The van der Waals surface area contributed by atoms with E-state index in [2.05, 4.69) is 12.2 Å². The second-order valence-corrected chi connectivity index (χ2v) is 6.15. The molecule has 1 rings (SSSR count). The monoisotopic (exact) mass is 258 g/mol. The quantitative estimate of drug-likeness (QED) is 0.656. The zero-order valence-corrected chi connectivity index (χ0v) is 11.9. The van der Waals surface area contributed by atoms with Crippen molar-refractivity contribution in [2.24, 2.45) is 11.7 Å². The molecule has 0 aliphatic heterocycles. The van der Waals surface area contributed by atoms with E-state index in [1.54, 1.807) is 0 Å². The van der Waals surface area contributed by atoms with E-state index in [-0.39, 0.29) is 5.91 Å². The molecule has 3 N–H and O–H groups in total. The Morgan fingerprint density at radius 2 is 2.29 bits per heavy atom. The predicted molar refractivity (Wildman–Crippen MR) is 75.2 cm³/mol. The van der Waals surface area contributed by atoms with Crippen molar-refractivity contribution >= 4 is 17.7 Å². The highest BCUT2D eigenvalue weighted by molar-refractivity contribution is 7.99. The minimum Gasteiger partial charge on any atom is -0.368 e. The van der Waals surface area contributed by atoms with Gasteiger partial charge in [0.25, 0.3) is 0 Å². The second-order valence-electron chi connectivity index (χ2n) is 4.93. The molecular weight excluding hydrogens is 232 g/mol. The van der Waals surface area contributed by atoms with Crippen LogP contribution < -0.4 is 11.1 Å². The van der Waals surface area contributed by atoms with Crippen LogP contribution in [-0.4, -0.2) is 30.0 Å². The number of hydrogen-bond acceptors (Lipinski definition) is 3. The first kappa shape index (κ1) is 14.8. The van der Waals surface area contributed by atoms with E-state index in [4.69, 9.17) is 5.73 Å². The molecule has 0 spiro atoms. The van der Waals surface area contributed by atoms with Crippen LogP contribution in [0.5, 0.6) is 0 Å². The lowest BCUT2D eigenvalue weighted by atomic mass is 9.84. The molecule has 3 nitrogen and oxygen atoms in total. The molecule has 0 aromatic carbocycles. The van der Waals surface area contributed by atoms with Gasteiger partial charge in [0.1, 0.15) is 5.54 Å². The fourth-order valence-electron chi connectivity index (χ4n) is 2.82. The topological polar surface area (TPSA) is 55.1 Å². The van der Waals surface area contributed by atoms with Crippen LogP contribution in [0.1, 0.15) is 45.4 Å². The van der Waals surface area contributed by atoms with Crippen LogP contribution in [0.25, 0.3) is 0 Å². The lowest BCUT2D eigenvalue weighted by Crippen LogP contribution is -2.56. The van der Waals surface area contributed by atoms with Gasteiger partial charge in [-0.3, -0.25) is 4.79 Å². The van der Waals surface area contributed by atoms with Crippen LogP contribution in [0, 0.1) is 5.92 Å². The van der Waals surface area contributed by atoms with Crippen LogP contribution in [0.2, 0.25) is 0 Å². The van der Waals surface area contributed by atoms with Crippen molar-refractivity contribution in [1.29, 1.82) is 0 Å². The average molecular weight is 258 g/mol. The number of nitrogens with one attached hydrogen (secondary N) is 1. The zero-order valence-electron chi connectivity index (χ0n) is 11.1. The average Bonchev–Trinajstić information content (AvgIpc) is 2.73. The van der Waals surface area contributed by atoms with E-state index in [0.29, 0.717) is 5.92 Å². The van der Waals surface area contributed by atoms with Gasteiger partial charge >= 0.3 is 0 Å². The van der Waals surface area contributed by atoms with Crippen LogP contribution in [0.3, 0.4) is 0 Å². The molecule has 0 bridgehead atoms. The Bertz CT molecular complexity index is 248. The highest BCUT2D eigenvalue weighted by atomic mass is 32.2. The van der Waals surface area contributed by atoms with Gasteiger partial charge in [0.2, 0.25) is 5.91 Å². The maximum atomic E-state index is 11.7. The number of likely N-dealkylation sites (N-methyl/N-ethyl adjacent to an activating group) is 1. The van der Waals surface area contributed by atoms with Crippen LogP contribution in [0.15, 0.2) is 0 Å². The molecule has 100 valence electrons. The van der Waals surface area contributed by atoms with E-state index in [0.717, 1.165) is 31.4 Å². The Morgan fingerprint density at radius 1 is 1.53 bits per heavy atom. The number of primary amides is 1. The van der Waals surface area contributed by atoms with Crippen LogP contribution >= 0.6 is 11.8 Å². The molecule has 0 heterocycles. The Morgan fingerprint density at radius 3 is 2.88 bits per heavy atom. The van der Waals surface area contributed by atoms with E-state index >= 15 is 0 Å². The van der Waals surface area contributed by atoms with Crippen LogP contribution in [0.4, 0.5) is 0 Å². The molecule has 1 fully saturated rings. The van der Waals surface area contributed by atoms with Crippen molar-refractivity contribution in [1.82, 2.24) is 5.32 Å². The summed E-state index contributed by atoms with van der Waals surface area (Å²) in [6.45, 7) is 2.22. The van der Waals surface area contributed by atoms with Crippen molar-refractivity contribution in [2.75, 3.05) is 18.6 Å². The summed E-state index contributed by atoms with van der Waals surface area (Å²) in [6, 6.07) is 0. The van der Waals surface area contributed by atoms with Gasteiger partial charge in [-0.25, -0.2) is 0 Å². The van der Waals surface area contributed by atoms with Gasteiger partial charge < -0.3 is 11.1 Å². The first-order chi connectivity index (χ1) is 8.17. The number of rotatable bonds is 8. The number of nitrogens with two attached hydrogens (primary N) is 1. The van der Waals surface area contributed by atoms with Gasteiger partial charge in [0.15, 0.2) is 0 Å². The smallest absolute Gasteiger partial charge is 0.238 e. The fourth-order valence-corrected chi connectivity index (χ4v) is 3.97. The molecule has 17 heavy (non-hydrogen) atoms. The minimum atomic E-state index is -0.425. The van der Waals surface area contributed by atoms with E-state index in [9.17, 15) is 4.79 Å². The molecule has 0 aromatic rings. The summed E-state index contributed by atoms with van der Waals surface area (Å²) >= 11 is 2.01. The molecule has 1 saturated carbocycles. The zero-order chi connectivity index (χ0) is 12.7. The maximum absolute atomic E-state index is 11.7. The summed E-state index contributed by atoms with van der Waals surface area (Å²) in [5, 5.41) is 3.20. The summed E-state index contributed by atoms with van der Waals surface area (Å²) < 4.78 is 0. The third-order valence-corrected chi connectivity index (χ3v) is 5.06. The Balaban J connectivity index is 2.38. The third kappa shape index (κ3) is 3.62. The van der Waals surface area contributed by atoms with E-state index in [1.165, 1.54) is 18.6 Å². The summed E-state index contributed by atoms with van der Waals surface area (Å²) in [5.41, 5.74) is 5.15. The predicted octanol–water partition coefficient (Wildman–Crippen LogP) is 2.15. The summed E-state index contributed by atoms with van der Waals surface area (Å²) in [6.07, 6.45) is 6.83. The number of carbonyl (C=O) groups is 1. The van der Waals surface area contributed by atoms with Gasteiger partial charge in [0, 0.05) is 0 Å². The van der Waals surface area contributed by atoms with E-state index < -0.39 is 5.54 Å². The van der Waals surface area contributed by atoms with Crippen LogP contribution in [-0.2, 0) is 4.79 Å². The van der Waals surface area contributed by atoms with Crippen molar-refractivity contribution in [3.8, 4) is 0 Å². The fraction of sp³-hybridized carbons (Fsp3) is 0.923. The highest BCUT2D eigenvalue weighted by Gasteiger charge is 2.45. The summed E-state index contributed by atoms with van der Waals surface area (Å²) in [5.74, 6) is 2.66. The van der Waals surface area contributed by atoms with Crippen molar-refractivity contribution in [2.45, 2.75) is 51.0 Å².